The van der Waals surface area contributed by atoms with Crippen molar-refractivity contribution < 1.29 is 9.53 Å². The van der Waals surface area contributed by atoms with E-state index in [0.29, 0.717) is 0 Å². The van der Waals surface area contributed by atoms with Gasteiger partial charge in [-0.3, -0.25) is 0 Å². The molecule has 4 nitrogen and oxygen atoms in total. The molecule has 0 radical (unpaired) electrons. The monoisotopic (exact) mass is 304 g/mol. The number of hydrogen-bond acceptors (Lipinski definition) is 3. The molecule has 0 heterocycles. The zero-order valence-electron chi connectivity index (χ0n) is 14.1. The number of carbonyl (C=O) groups excluding carboxylic acids is 1. The number of ether oxygens (including phenoxy) is 1. The van der Waals surface area contributed by atoms with Crippen LogP contribution in [0.2, 0.25) is 0 Å². The number of amides is 1. The molecule has 0 spiro atoms. The highest BCUT2D eigenvalue weighted by molar-refractivity contribution is 5.69. The normalized spacial score (nSPS) is 18.2. The fraction of sp³-hybridized carbons (Fsp3) is 0.611. The maximum atomic E-state index is 12.0. The van der Waals surface area contributed by atoms with E-state index >= 15 is 0 Å². The molecule has 0 saturated heterocycles. The van der Waals surface area contributed by atoms with E-state index in [1.807, 2.05) is 39.0 Å². The lowest BCUT2D eigenvalue weighted by Crippen LogP contribution is -2.60. The zero-order valence-corrected chi connectivity index (χ0v) is 14.1. The van der Waals surface area contributed by atoms with E-state index in [9.17, 15) is 4.79 Å². The Morgan fingerprint density at radius 1 is 1.27 bits per heavy atom. The van der Waals surface area contributed by atoms with E-state index in [2.05, 4.69) is 29.7 Å². The standard InChI is InChI=1S/C18H28N2O2/c1-14(15-9-6-5-7-10-15)19-13-18(11-8-12-18)20-16(21)22-17(2,3)4/h5-7,9-10,14,19H,8,11-13H2,1-4H3,(H,20,21). The fourth-order valence-electron chi connectivity index (χ4n) is 2.68. The minimum atomic E-state index is -0.459. The van der Waals surface area contributed by atoms with Gasteiger partial charge < -0.3 is 15.4 Å². The molecule has 1 aromatic carbocycles. The number of alkyl carbamates (subject to hydrolysis) is 1. The molecule has 0 bridgehead atoms. The summed E-state index contributed by atoms with van der Waals surface area (Å²) in [6.45, 7) is 8.57. The van der Waals surface area contributed by atoms with Gasteiger partial charge in [-0.1, -0.05) is 30.3 Å². The predicted molar refractivity (Wildman–Crippen MR) is 88.8 cm³/mol. The Hall–Kier alpha value is -1.55. The average Bonchev–Trinajstić information content (AvgIpc) is 2.40. The van der Waals surface area contributed by atoms with Crippen molar-refractivity contribution in [2.75, 3.05) is 6.54 Å². The van der Waals surface area contributed by atoms with Gasteiger partial charge in [0.25, 0.3) is 0 Å². The lowest BCUT2D eigenvalue weighted by molar-refractivity contribution is 0.0379. The maximum absolute atomic E-state index is 12.0. The van der Waals surface area contributed by atoms with Crippen LogP contribution in [-0.2, 0) is 4.74 Å². The highest BCUT2D eigenvalue weighted by Gasteiger charge is 2.39. The Morgan fingerprint density at radius 2 is 1.91 bits per heavy atom. The molecule has 122 valence electrons. The van der Waals surface area contributed by atoms with Crippen LogP contribution in [0, 0.1) is 0 Å². The van der Waals surface area contributed by atoms with Gasteiger partial charge >= 0.3 is 6.09 Å². The van der Waals surface area contributed by atoms with Crippen molar-refractivity contribution in [2.45, 2.75) is 64.1 Å². The van der Waals surface area contributed by atoms with Gasteiger partial charge in [-0.15, -0.1) is 0 Å². The van der Waals surface area contributed by atoms with Crippen molar-refractivity contribution in [3.63, 3.8) is 0 Å². The van der Waals surface area contributed by atoms with Crippen LogP contribution in [0.1, 0.15) is 58.6 Å². The summed E-state index contributed by atoms with van der Waals surface area (Å²) in [6.07, 6.45) is 2.83. The van der Waals surface area contributed by atoms with Gasteiger partial charge in [0.2, 0.25) is 0 Å². The van der Waals surface area contributed by atoms with Gasteiger partial charge in [0, 0.05) is 12.6 Å². The number of benzene rings is 1. The van der Waals surface area contributed by atoms with Crippen LogP contribution >= 0.6 is 0 Å². The molecule has 0 aliphatic heterocycles. The van der Waals surface area contributed by atoms with Crippen LogP contribution in [0.3, 0.4) is 0 Å². The highest BCUT2D eigenvalue weighted by Crippen LogP contribution is 2.32. The van der Waals surface area contributed by atoms with Crippen LogP contribution in [0.25, 0.3) is 0 Å². The third-order valence-corrected chi connectivity index (χ3v) is 4.12. The molecule has 2 rings (SSSR count). The average molecular weight is 304 g/mol. The van der Waals surface area contributed by atoms with Crippen molar-refractivity contribution in [1.29, 1.82) is 0 Å². The van der Waals surface area contributed by atoms with Crippen LogP contribution in [0.4, 0.5) is 4.79 Å². The Balaban J connectivity index is 1.87. The Labute approximate surface area is 133 Å². The first-order chi connectivity index (χ1) is 10.3. The summed E-state index contributed by atoms with van der Waals surface area (Å²) >= 11 is 0. The third kappa shape index (κ3) is 4.73. The Morgan fingerprint density at radius 3 is 2.41 bits per heavy atom. The van der Waals surface area contributed by atoms with Crippen molar-refractivity contribution in [3.8, 4) is 0 Å². The van der Waals surface area contributed by atoms with Gasteiger partial charge in [0.05, 0.1) is 5.54 Å². The van der Waals surface area contributed by atoms with Gasteiger partial charge in [-0.25, -0.2) is 4.79 Å². The molecule has 1 aliphatic carbocycles. The third-order valence-electron chi connectivity index (χ3n) is 4.12. The molecule has 1 atom stereocenters. The summed E-state index contributed by atoms with van der Waals surface area (Å²) in [6, 6.07) is 10.6. The predicted octanol–water partition coefficient (Wildman–Crippen LogP) is 3.78. The van der Waals surface area contributed by atoms with E-state index in [1.54, 1.807) is 0 Å². The second-order valence-electron chi connectivity index (χ2n) is 7.27. The molecule has 2 N–H and O–H groups in total. The number of carbonyl (C=O) groups is 1. The fourth-order valence-corrected chi connectivity index (χ4v) is 2.68. The molecule has 1 unspecified atom stereocenters. The smallest absolute Gasteiger partial charge is 0.408 e. The Bertz CT molecular complexity index is 490. The van der Waals surface area contributed by atoms with E-state index in [1.165, 1.54) is 5.56 Å². The van der Waals surface area contributed by atoms with Gasteiger partial charge in [-0.2, -0.15) is 0 Å². The zero-order chi connectivity index (χ0) is 16.2. The minimum absolute atomic E-state index is 0.161. The van der Waals surface area contributed by atoms with Crippen LogP contribution < -0.4 is 10.6 Å². The molecule has 1 aliphatic rings. The highest BCUT2D eigenvalue weighted by atomic mass is 16.6. The van der Waals surface area contributed by atoms with Crippen molar-refractivity contribution in [1.82, 2.24) is 10.6 Å². The van der Waals surface area contributed by atoms with Crippen molar-refractivity contribution in [2.24, 2.45) is 0 Å². The topological polar surface area (TPSA) is 50.4 Å². The minimum Gasteiger partial charge on any atom is -0.444 e. The van der Waals surface area contributed by atoms with E-state index < -0.39 is 5.60 Å². The summed E-state index contributed by atoms with van der Waals surface area (Å²) in [5, 5.41) is 6.61. The summed E-state index contributed by atoms with van der Waals surface area (Å²) in [7, 11) is 0. The second-order valence-corrected chi connectivity index (χ2v) is 7.27. The largest absolute Gasteiger partial charge is 0.444 e. The Kier molecular flexibility index (Phi) is 5.12. The van der Waals surface area contributed by atoms with Crippen molar-refractivity contribution >= 4 is 6.09 Å². The number of rotatable bonds is 5. The number of hydrogen-bond donors (Lipinski definition) is 2. The lowest BCUT2D eigenvalue weighted by atomic mass is 9.76. The van der Waals surface area contributed by atoms with Gasteiger partial charge in [0.15, 0.2) is 0 Å². The van der Waals surface area contributed by atoms with E-state index in [-0.39, 0.29) is 17.7 Å². The first-order valence-corrected chi connectivity index (χ1v) is 8.09. The molecular weight excluding hydrogens is 276 g/mol. The van der Waals surface area contributed by atoms with E-state index in [4.69, 9.17) is 4.74 Å². The van der Waals surface area contributed by atoms with Crippen LogP contribution in [-0.4, -0.2) is 23.8 Å². The summed E-state index contributed by atoms with van der Waals surface area (Å²) in [4.78, 5) is 12.0. The van der Waals surface area contributed by atoms with Crippen LogP contribution in [0.5, 0.6) is 0 Å². The lowest BCUT2D eigenvalue weighted by Gasteiger charge is -2.43. The van der Waals surface area contributed by atoms with Crippen LogP contribution in [0.15, 0.2) is 30.3 Å². The molecule has 1 amide bonds. The first-order valence-electron chi connectivity index (χ1n) is 8.09. The molecule has 1 saturated carbocycles. The second kappa shape index (κ2) is 6.69. The SMILES string of the molecule is CC(NCC1(NC(=O)OC(C)(C)C)CCC1)c1ccccc1. The quantitative estimate of drug-likeness (QED) is 0.870. The molecule has 1 aromatic rings. The molecule has 22 heavy (non-hydrogen) atoms. The van der Waals surface area contributed by atoms with Gasteiger partial charge in [0.1, 0.15) is 5.60 Å². The summed E-state index contributed by atoms with van der Waals surface area (Å²) in [5.74, 6) is 0. The van der Waals surface area contributed by atoms with Crippen molar-refractivity contribution in [3.05, 3.63) is 35.9 Å². The van der Waals surface area contributed by atoms with E-state index in [0.717, 1.165) is 25.8 Å². The summed E-state index contributed by atoms with van der Waals surface area (Å²) < 4.78 is 5.38. The van der Waals surface area contributed by atoms with Gasteiger partial charge in [-0.05, 0) is 52.5 Å². The summed E-state index contributed by atoms with van der Waals surface area (Å²) in [5.41, 5.74) is 0.639. The molecule has 1 fully saturated rings. The molecule has 4 heteroatoms. The molecular formula is C18H28N2O2. The first kappa shape index (κ1) is 16.8. The molecule has 0 aromatic heterocycles. The number of nitrogens with one attached hydrogen (secondary N) is 2. The maximum Gasteiger partial charge on any atom is 0.408 e.